The Labute approximate surface area is 126 Å². The van der Waals surface area contributed by atoms with Crippen molar-refractivity contribution in [3.05, 3.63) is 29.6 Å². The maximum Gasteiger partial charge on any atom is 0.147 e. The first kappa shape index (κ1) is 15.7. The number of nitrogens with zero attached hydrogens (tertiary/aromatic N) is 3. The highest BCUT2D eigenvalue weighted by Crippen LogP contribution is 2.17. The van der Waals surface area contributed by atoms with E-state index in [0.717, 1.165) is 39.1 Å². The van der Waals surface area contributed by atoms with Crippen LogP contribution in [0.25, 0.3) is 0 Å². The fraction of sp³-hybridized carbons (Fsp3) is 0.562. The molecule has 1 N–H and O–H groups in total. The normalized spacial score (nSPS) is 18.2. The Bertz CT molecular complexity index is 503. The summed E-state index contributed by atoms with van der Waals surface area (Å²) < 4.78 is 13.8. The van der Waals surface area contributed by atoms with E-state index >= 15 is 0 Å². The Balaban J connectivity index is 1.79. The number of nitrogens with one attached hydrogen (secondary N) is 1. The smallest absolute Gasteiger partial charge is 0.147 e. The molecule has 1 unspecified atom stereocenters. The predicted octanol–water partition coefficient (Wildman–Crippen LogP) is 2.14. The minimum absolute atomic E-state index is 0.201. The Morgan fingerprint density at radius 2 is 2.05 bits per heavy atom. The molecule has 0 radical (unpaired) electrons. The highest BCUT2D eigenvalue weighted by Gasteiger charge is 2.14. The molecule has 0 saturated carbocycles. The van der Waals surface area contributed by atoms with Gasteiger partial charge in [-0.15, -0.1) is 0 Å². The van der Waals surface area contributed by atoms with Gasteiger partial charge in [-0.2, -0.15) is 5.26 Å². The molecule has 1 saturated heterocycles. The van der Waals surface area contributed by atoms with E-state index in [9.17, 15) is 4.39 Å². The monoisotopic (exact) mass is 290 g/mol. The lowest BCUT2D eigenvalue weighted by Gasteiger charge is -2.33. The fourth-order valence-electron chi connectivity index (χ4n) is 2.49. The molecule has 0 aliphatic carbocycles. The van der Waals surface area contributed by atoms with Gasteiger partial charge < -0.3 is 15.1 Å². The molecule has 1 fully saturated rings. The second-order valence-corrected chi connectivity index (χ2v) is 5.79. The van der Waals surface area contributed by atoms with Crippen LogP contribution in [-0.2, 0) is 0 Å². The summed E-state index contributed by atoms with van der Waals surface area (Å²) in [4.78, 5) is 4.79. The van der Waals surface area contributed by atoms with E-state index < -0.39 is 0 Å². The summed E-state index contributed by atoms with van der Waals surface area (Å²) in [6.07, 6.45) is 0.975. The van der Waals surface area contributed by atoms with Crippen molar-refractivity contribution in [1.82, 2.24) is 9.80 Å². The van der Waals surface area contributed by atoms with Crippen LogP contribution in [-0.4, -0.2) is 55.6 Å². The molecule has 1 aliphatic rings. The van der Waals surface area contributed by atoms with Gasteiger partial charge in [0.05, 0.1) is 17.3 Å². The number of piperazine rings is 1. The first-order chi connectivity index (χ1) is 10.1. The number of likely N-dealkylation sites (N-methyl/N-ethyl adjacent to an activating group) is 1. The van der Waals surface area contributed by atoms with Crippen molar-refractivity contribution in [2.45, 2.75) is 19.4 Å². The predicted molar refractivity (Wildman–Crippen MR) is 82.8 cm³/mol. The largest absolute Gasteiger partial charge is 0.380 e. The second kappa shape index (κ2) is 7.39. The van der Waals surface area contributed by atoms with Gasteiger partial charge in [0, 0.05) is 38.8 Å². The summed E-state index contributed by atoms with van der Waals surface area (Å²) in [5.41, 5.74) is 0.822. The number of benzene rings is 1. The molecule has 1 aromatic rings. The van der Waals surface area contributed by atoms with Crippen LogP contribution in [0.1, 0.15) is 18.9 Å². The van der Waals surface area contributed by atoms with Gasteiger partial charge >= 0.3 is 0 Å². The molecule has 0 bridgehead atoms. The van der Waals surface area contributed by atoms with Gasteiger partial charge in [0.25, 0.3) is 0 Å². The summed E-state index contributed by atoms with van der Waals surface area (Å²) >= 11 is 0. The third kappa shape index (κ3) is 4.69. The molecule has 0 aromatic heterocycles. The van der Waals surface area contributed by atoms with Crippen molar-refractivity contribution in [2.24, 2.45) is 0 Å². The molecule has 114 valence electrons. The lowest BCUT2D eigenvalue weighted by molar-refractivity contribution is 0.151. The van der Waals surface area contributed by atoms with E-state index in [0.29, 0.717) is 11.3 Å². The summed E-state index contributed by atoms with van der Waals surface area (Å²) in [5.74, 6) is -0.361. The van der Waals surface area contributed by atoms with Crippen molar-refractivity contribution in [1.29, 1.82) is 5.26 Å². The van der Waals surface area contributed by atoms with Crippen LogP contribution < -0.4 is 5.32 Å². The first-order valence-electron chi connectivity index (χ1n) is 7.45. The summed E-state index contributed by atoms with van der Waals surface area (Å²) in [5, 5.41) is 11.9. The van der Waals surface area contributed by atoms with Crippen LogP contribution in [0.5, 0.6) is 0 Å². The van der Waals surface area contributed by atoms with Crippen molar-refractivity contribution in [3.8, 4) is 6.07 Å². The molecule has 4 nitrogen and oxygen atoms in total. The summed E-state index contributed by atoms with van der Waals surface area (Å²) in [7, 11) is 2.15. The molecule has 1 heterocycles. The second-order valence-electron chi connectivity index (χ2n) is 5.79. The summed E-state index contributed by atoms with van der Waals surface area (Å²) in [6.45, 7) is 7.54. The standard InChI is InChI=1S/C16H23FN4/c1-13(5-6-21-9-7-20(2)8-10-21)19-16-4-3-14(12-18)11-15(16)17/h3-4,11,13,19H,5-10H2,1-2H3. The minimum Gasteiger partial charge on any atom is -0.380 e. The van der Waals surface area contributed by atoms with Crippen LogP contribution in [0.15, 0.2) is 18.2 Å². The van der Waals surface area contributed by atoms with Gasteiger partial charge in [0.1, 0.15) is 5.82 Å². The van der Waals surface area contributed by atoms with Gasteiger partial charge in [0.15, 0.2) is 0 Å². The fourth-order valence-corrected chi connectivity index (χ4v) is 2.49. The van der Waals surface area contributed by atoms with E-state index in [-0.39, 0.29) is 11.9 Å². The van der Waals surface area contributed by atoms with Gasteiger partial charge in [-0.05, 0) is 38.6 Å². The molecule has 5 heteroatoms. The maximum atomic E-state index is 13.8. The van der Waals surface area contributed by atoms with E-state index in [1.165, 1.54) is 6.07 Å². The molecule has 0 spiro atoms. The minimum atomic E-state index is -0.361. The molecule has 1 aromatic carbocycles. The van der Waals surface area contributed by atoms with Crippen LogP contribution in [0.2, 0.25) is 0 Å². The van der Waals surface area contributed by atoms with Crippen molar-refractivity contribution < 1.29 is 4.39 Å². The van der Waals surface area contributed by atoms with E-state index in [1.807, 2.05) is 6.07 Å². The van der Waals surface area contributed by atoms with E-state index in [4.69, 9.17) is 5.26 Å². The highest BCUT2D eigenvalue weighted by atomic mass is 19.1. The van der Waals surface area contributed by atoms with Crippen LogP contribution in [0, 0.1) is 17.1 Å². The lowest BCUT2D eigenvalue weighted by atomic mass is 10.1. The maximum absolute atomic E-state index is 13.8. The molecule has 21 heavy (non-hydrogen) atoms. The molecular weight excluding hydrogens is 267 g/mol. The zero-order valence-corrected chi connectivity index (χ0v) is 12.8. The van der Waals surface area contributed by atoms with Crippen molar-refractivity contribution in [3.63, 3.8) is 0 Å². The highest BCUT2D eigenvalue weighted by molar-refractivity contribution is 5.49. The number of nitriles is 1. The Kier molecular flexibility index (Phi) is 5.54. The van der Waals surface area contributed by atoms with Crippen molar-refractivity contribution in [2.75, 3.05) is 45.1 Å². The number of hydrogen-bond acceptors (Lipinski definition) is 4. The third-order valence-electron chi connectivity index (χ3n) is 3.97. The van der Waals surface area contributed by atoms with Crippen LogP contribution >= 0.6 is 0 Å². The zero-order valence-electron chi connectivity index (χ0n) is 12.8. The average Bonchev–Trinajstić information content (AvgIpc) is 2.48. The topological polar surface area (TPSA) is 42.3 Å². The Hall–Kier alpha value is -1.64. The van der Waals surface area contributed by atoms with Crippen molar-refractivity contribution >= 4 is 5.69 Å². The zero-order chi connectivity index (χ0) is 15.2. The molecule has 2 rings (SSSR count). The van der Waals surface area contributed by atoms with Gasteiger partial charge in [-0.25, -0.2) is 4.39 Å². The van der Waals surface area contributed by atoms with Gasteiger partial charge in [-0.3, -0.25) is 0 Å². The summed E-state index contributed by atoms with van der Waals surface area (Å²) in [6, 6.07) is 6.69. The van der Waals surface area contributed by atoms with E-state index in [1.54, 1.807) is 12.1 Å². The number of hydrogen-bond donors (Lipinski definition) is 1. The van der Waals surface area contributed by atoms with Gasteiger partial charge in [-0.1, -0.05) is 0 Å². The van der Waals surface area contributed by atoms with Crippen LogP contribution in [0.4, 0.5) is 10.1 Å². The molecule has 0 amide bonds. The van der Waals surface area contributed by atoms with Crippen LogP contribution in [0.3, 0.4) is 0 Å². The number of anilines is 1. The lowest BCUT2D eigenvalue weighted by Crippen LogP contribution is -2.45. The van der Waals surface area contributed by atoms with E-state index in [2.05, 4.69) is 29.1 Å². The molecule has 1 aliphatic heterocycles. The first-order valence-corrected chi connectivity index (χ1v) is 7.45. The number of rotatable bonds is 5. The Morgan fingerprint density at radius 1 is 1.33 bits per heavy atom. The molecule has 1 atom stereocenters. The number of halogens is 1. The quantitative estimate of drug-likeness (QED) is 0.902. The average molecular weight is 290 g/mol. The Morgan fingerprint density at radius 3 is 2.67 bits per heavy atom. The molecular formula is C16H23FN4. The van der Waals surface area contributed by atoms with Gasteiger partial charge in [0.2, 0.25) is 0 Å². The SMILES string of the molecule is CC(CCN1CCN(C)CC1)Nc1ccc(C#N)cc1F. The third-order valence-corrected chi connectivity index (χ3v) is 3.97.